The van der Waals surface area contributed by atoms with Crippen molar-refractivity contribution in [2.24, 2.45) is 11.8 Å². The summed E-state index contributed by atoms with van der Waals surface area (Å²) >= 11 is 0. The summed E-state index contributed by atoms with van der Waals surface area (Å²) in [5, 5.41) is 6.28. The molecule has 0 heterocycles. The maximum Gasteiger partial charge on any atom is 0.225 e. The number of nitrogens with one attached hydrogen (secondary N) is 2. The first kappa shape index (κ1) is 20.2. The van der Waals surface area contributed by atoms with Crippen LogP contribution in [0.3, 0.4) is 0 Å². The normalized spacial score (nSPS) is 24.8. The first-order chi connectivity index (χ1) is 10.6. The van der Waals surface area contributed by atoms with Gasteiger partial charge in [-0.3, -0.25) is 9.59 Å². The Hall–Kier alpha value is -0.810. The third-order valence-electron chi connectivity index (χ3n) is 5.22. The number of carbonyl (C=O) groups excluding carboxylic acids is 2. The van der Waals surface area contributed by atoms with E-state index < -0.39 is 0 Å². The molecule has 2 rings (SSSR count). The van der Waals surface area contributed by atoms with E-state index in [9.17, 15) is 9.59 Å². The summed E-state index contributed by atoms with van der Waals surface area (Å²) in [6, 6.07) is 0.278. The first-order valence-corrected chi connectivity index (χ1v) is 8.81. The molecule has 5 nitrogen and oxygen atoms in total. The lowest BCUT2D eigenvalue weighted by atomic mass is 9.85. The molecule has 0 spiro atoms. The van der Waals surface area contributed by atoms with Crippen LogP contribution in [0.2, 0.25) is 0 Å². The van der Waals surface area contributed by atoms with Gasteiger partial charge in [-0.15, -0.1) is 12.4 Å². The number of amides is 2. The minimum atomic E-state index is 0. The molecule has 0 radical (unpaired) electrons. The Morgan fingerprint density at radius 3 is 2.17 bits per heavy atom. The lowest BCUT2D eigenvalue weighted by molar-refractivity contribution is -0.135. The van der Waals surface area contributed by atoms with Crippen molar-refractivity contribution in [2.45, 2.75) is 57.4 Å². The Labute approximate surface area is 146 Å². The van der Waals surface area contributed by atoms with Gasteiger partial charge in [-0.1, -0.05) is 12.8 Å². The maximum absolute atomic E-state index is 12.4. The molecule has 2 N–H and O–H groups in total. The standard InChI is InChI=1S/C17H31N3O2.ClH/c1-18-11-12-20(2)17(22)14-7-9-15(10-8-14)19-16(21)13-5-3-4-6-13;/h13-15,18H,3-12H2,1-2H3,(H,19,21);1H. The van der Waals surface area contributed by atoms with Gasteiger partial charge in [-0.2, -0.15) is 0 Å². The highest BCUT2D eigenvalue weighted by Gasteiger charge is 2.30. The van der Waals surface area contributed by atoms with Crippen LogP contribution in [0.25, 0.3) is 0 Å². The summed E-state index contributed by atoms with van der Waals surface area (Å²) in [4.78, 5) is 26.3. The molecular formula is C17H32ClN3O2. The summed E-state index contributed by atoms with van der Waals surface area (Å²) in [6.45, 7) is 1.59. The molecule has 23 heavy (non-hydrogen) atoms. The van der Waals surface area contributed by atoms with Crippen molar-refractivity contribution >= 4 is 24.2 Å². The lowest BCUT2D eigenvalue weighted by Gasteiger charge is -2.31. The van der Waals surface area contributed by atoms with Crippen molar-refractivity contribution < 1.29 is 9.59 Å². The van der Waals surface area contributed by atoms with Gasteiger partial charge in [-0.05, 0) is 45.6 Å². The number of hydrogen-bond acceptors (Lipinski definition) is 3. The monoisotopic (exact) mass is 345 g/mol. The molecule has 0 saturated heterocycles. The summed E-state index contributed by atoms with van der Waals surface area (Å²) < 4.78 is 0. The van der Waals surface area contributed by atoms with Crippen LogP contribution >= 0.6 is 12.4 Å². The number of rotatable bonds is 6. The fraction of sp³-hybridized carbons (Fsp3) is 0.882. The van der Waals surface area contributed by atoms with E-state index in [4.69, 9.17) is 0 Å². The molecule has 0 atom stereocenters. The molecule has 0 aromatic rings. The van der Waals surface area contributed by atoms with Gasteiger partial charge >= 0.3 is 0 Å². The zero-order valence-electron chi connectivity index (χ0n) is 14.5. The minimum Gasteiger partial charge on any atom is -0.353 e. The highest BCUT2D eigenvalue weighted by molar-refractivity contribution is 5.85. The number of likely N-dealkylation sites (N-methyl/N-ethyl adjacent to an activating group) is 2. The van der Waals surface area contributed by atoms with Gasteiger partial charge in [0.05, 0.1) is 0 Å². The molecule has 6 heteroatoms. The van der Waals surface area contributed by atoms with Gasteiger partial charge in [0, 0.05) is 38.0 Å². The molecule has 2 saturated carbocycles. The van der Waals surface area contributed by atoms with Gasteiger partial charge < -0.3 is 15.5 Å². The van der Waals surface area contributed by atoms with Crippen molar-refractivity contribution in [3.63, 3.8) is 0 Å². The Morgan fingerprint density at radius 1 is 1.00 bits per heavy atom. The van der Waals surface area contributed by atoms with Crippen LogP contribution in [-0.4, -0.2) is 49.9 Å². The fourth-order valence-corrected chi connectivity index (χ4v) is 3.69. The number of halogens is 1. The SMILES string of the molecule is CNCCN(C)C(=O)C1CCC(NC(=O)C2CCCC2)CC1.Cl. The van der Waals surface area contributed by atoms with Gasteiger partial charge in [0.2, 0.25) is 11.8 Å². The Morgan fingerprint density at radius 2 is 1.61 bits per heavy atom. The average molecular weight is 346 g/mol. The summed E-state index contributed by atoms with van der Waals surface area (Å²) in [5.74, 6) is 0.891. The van der Waals surface area contributed by atoms with E-state index in [0.717, 1.165) is 51.6 Å². The minimum absolute atomic E-state index is 0. The Bertz CT molecular complexity index is 378. The smallest absolute Gasteiger partial charge is 0.225 e. The predicted octanol–water partition coefficient (Wildman–Crippen LogP) is 1.95. The molecule has 0 bridgehead atoms. The Kier molecular flexibility index (Phi) is 8.92. The largest absolute Gasteiger partial charge is 0.353 e. The zero-order chi connectivity index (χ0) is 15.9. The van der Waals surface area contributed by atoms with E-state index >= 15 is 0 Å². The summed E-state index contributed by atoms with van der Waals surface area (Å²) in [6.07, 6.45) is 8.17. The van der Waals surface area contributed by atoms with Crippen molar-refractivity contribution in [2.75, 3.05) is 27.2 Å². The third kappa shape index (κ3) is 5.96. The predicted molar refractivity (Wildman–Crippen MR) is 94.7 cm³/mol. The van der Waals surface area contributed by atoms with E-state index in [1.54, 1.807) is 0 Å². The number of hydrogen-bond donors (Lipinski definition) is 2. The number of carbonyl (C=O) groups is 2. The fourth-order valence-electron chi connectivity index (χ4n) is 3.69. The van der Waals surface area contributed by atoms with Gasteiger partial charge in [0.1, 0.15) is 0 Å². The quantitative estimate of drug-likeness (QED) is 0.773. The van der Waals surface area contributed by atoms with Crippen LogP contribution in [0.15, 0.2) is 0 Å². The van der Waals surface area contributed by atoms with E-state index in [2.05, 4.69) is 10.6 Å². The molecule has 0 aliphatic heterocycles. The van der Waals surface area contributed by atoms with Crippen molar-refractivity contribution in [3.8, 4) is 0 Å². The average Bonchev–Trinajstić information content (AvgIpc) is 3.07. The molecule has 0 unspecified atom stereocenters. The zero-order valence-corrected chi connectivity index (χ0v) is 15.3. The lowest BCUT2D eigenvalue weighted by Crippen LogP contribution is -2.43. The van der Waals surface area contributed by atoms with Crippen LogP contribution in [0, 0.1) is 11.8 Å². The highest BCUT2D eigenvalue weighted by atomic mass is 35.5. The molecule has 134 valence electrons. The Balaban J connectivity index is 0.00000264. The number of nitrogens with zero attached hydrogens (tertiary/aromatic N) is 1. The van der Waals surface area contributed by atoms with Crippen molar-refractivity contribution in [1.82, 2.24) is 15.5 Å². The van der Waals surface area contributed by atoms with Crippen molar-refractivity contribution in [1.29, 1.82) is 0 Å². The van der Waals surface area contributed by atoms with Crippen LogP contribution < -0.4 is 10.6 Å². The topological polar surface area (TPSA) is 61.4 Å². The second kappa shape index (κ2) is 10.1. The van der Waals surface area contributed by atoms with Crippen LogP contribution in [0.4, 0.5) is 0 Å². The van der Waals surface area contributed by atoms with Gasteiger partial charge in [0.25, 0.3) is 0 Å². The second-order valence-corrected chi connectivity index (χ2v) is 6.90. The summed E-state index contributed by atoms with van der Waals surface area (Å²) in [5.41, 5.74) is 0. The van der Waals surface area contributed by atoms with E-state index in [-0.39, 0.29) is 42.1 Å². The molecule has 2 aliphatic carbocycles. The van der Waals surface area contributed by atoms with E-state index in [1.807, 2.05) is 19.0 Å². The van der Waals surface area contributed by atoms with E-state index in [1.165, 1.54) is 12.8 Å². The van der Waals surface area contributed by atoms with Crippen molar-refractivity contribution in [3.05, 3.63) is 0 Å². The molecule has 0 aromatic heterocycles. The van der Waals surface area contributed by atoms with Crippen LogP contribution in [0.5, 0.6) is 0 Å². The maximum atomic E-state index is 12.4. The molecule has 2 aliphatic rings. The summed E-state index contributed by atoms with van der Waals surface area (Å²) in [7, 11) is 3.78. The first-order valence-electron chi connectivity index (χ1n) is 8.81. The van der Waals surface area contributed by atoms with Crippen LogP contribution in [-0.2, 0) is 9.59 Å². The third-order valence-corrected chi connectivity index (χ3v) is 5.22. The second-order valence-electron chi connectivity index (χ2n) is 6.90. The molecule has 2 amide bonds. The van der Waals surface area contributed by atoms with Gasteiger partial charge in [0.15, 0.2) is 0 Å². The molecule has 2 fully saturated rings. The molecular weight excluding hydrogens is 314 g/mol. The van der Waals surface area contributed by atoms with Crippen LogP contribution in [0.1, 0.15) is 51.4 Å². The molecule has 0 aromatic carbocycles. The highest BCUT2D eigenvalue weighted by Crippen LogP contribution is 2.28. The van der Waals surface area contributed by atoms with E-state index in [0.29, 0.717) is 0 Å². The van der Waals surface area contributed by atoms with Gasteiger partial charge in [-0.25, -0.2) is 0 Å².